The summed E-state index contributed by atoms with van der Waals surface area (Å²) in [6.45, 7) is 10.1. The van der Waals surface area contributed by atoms with E-state index in [1.165, 1.54) is 4.68 Å². The Bertz CT molecular complexity index is 718. The maximum Gasteiger partial charge on any atom is 0.435 e. The van der Waals surface area contributed by atoms with Crippen molar-refractivity contribution in [1.82, 2.24) is 14.8 Å². The van der Waals surface area contributed by atoms with Crippen molar-refractivity contribution in [3.63, 3.8) is 0 Å². The molecule has 7 nitrogen and oxygen atoms in total. The molecule has 0 bridgehead atoms. The number of fused-ring (bicyclic) bond motifs is 1. The smallest absolute Gasteiger partial charge is 0.435 e. The second-order valence-electron chi connectivity index (χ2n) is 6.04. The number of ether oxygens (including phenoxy) is 3. The maximum atomic E-state index is 12.5. The highest BCUT2D eigenvalue weighted by Crippen LogP contribution is 2.29. The van der Waals surface area contributed by atoms with Crippen LogP contribution in [0.3, 0.4) is 0 Å². The van der Waals surface area contributed by atoms with Gasteiger partial charge in [-0.25, -0.2) is 9.78 Å². The summed E-state index contributed by atoms with van der Waals surface area (Å²) >= 11 is 3.34. The third-order valence-electron chi connectivity index (χ3n) is 2.99. The van der Waals surface area contributed by atoms with Crippen molar-refractivity contribution >= 4 is 32.9 Å². The molecule has 0 atom stereocenters. The number of rotatable bonds is 5. The highest BCUT2D eigenvalue weighted by Gasteiger charge is 2.26. The zero-order valence-corrected chi connectivity index (χ0v) is 16.1. The second-order valence-corrected chi connectivity index (χ2v) is 6.86. The minimum atomic E-state index is -0.666. The first-order valence-electron chi connectivity index (χ1n) is 7.77. The van der Waals surface area contributed by atoms with Crippen LogP contribution in [0.2, 0.25) is 0 Å². The van der Waals surface area contributed by atoms with Crippen LogP contribution in [0.1, 0.15) is 46.6 Å². The molecule has 0 radical (unpaired) electrons. The molecule has 0 unspecified atom stereocenters. The van der Waals surface area contributed by atoms with E-state index in [0.29, 0.717) is 29.0 Å². The first kappa shape index (κ1) is 18.8. The average Bonchev–Trinajstić information content (AvgIpc) is 2.84. The van der Waals surface area contributed by atoms with Gasteiger partial charge in [-0.2, -0.15) is 9.78 Å². The van der Waals surface area contributed by atoms with Gasteiger partial charge in [-0.05, 0) is 56.6 Å². The molecule has 0 saturated carbocycles. The van der Waals surface area contributed by atoms with E-state index >= 15 is 0 Å². The zero-order valence-electron chi connectivity index (χ0n) is 14.5. The number of pyridine rings is 1. The van der Waals surface area contributed by atoms with Crippen LogP contribution in [-0.4, -0.2) is 39.7 Å². The third-order valence-corrected chi connectivity index (χ3v) is 3.42. The third kappa shape index (κ3) is 4.31. The molecular weight excluding hydrogens is 378 g/mol. The van der Waals surface area contributed by atoms with E-state index in [1.54, 1.807) is 33.0 Å². The normalized spacial score (nSPS) is 12.1. The molecule has 2 rings (SSSR count). The van der Waals surface area contributed by atoms with Gasteiger partial charge in [0.15, 0.2) is 0 Å². The molecule has 0 aliphatic rings. The molecule has 2 aromatic rings. The Morgan fingerprint density at radius 2 is 1.92 bits per heavy atom. The van der Waals surface area contributed by atoms with Crippen LogP contribution in [0.15, 0.2) is 16.9 Å². The van der Waals surface area contributed by atoms with Gasteiger partial charge >= 0.3 is 6.09 Å². The molecular formula is C16H22BrN3O4. The van der Waals surface area contributed by atoms with Crippen LogP contribution in [0.25, 0.3) is 10.9 Å². The summed E-state index contributed by atoms with van der Waals surface area (Å²) in [7, 11) is 0. The Balaban J connectivity index is 2.55. The summed E-state index contributed by atoms with van der Waals surface area (Å²) in [6, 6.07) is 1.78. The van der Waals surface area contributed by atoms with Crippen molar-refractivity contribution in [2.75, 3.05) is 13.2 Å². The molecule has 0 aliphatic heterocycles. The van der Waals surface area contributed by atoms with Gasteiger partial charge in [0.05, 0.1) is 11.7 Å². The SMILES string of the molecule is CCOC(OCC)c1nn(C(=O)OC(C)(C)C)c2cnc(Br)cc12. The lowest BCUT2D eigenvalue weighted by atomic mass is 10.2. The molecule has 2 heterocycles. The largest absolute Gasteiger partial charge is 0.442 e. The Morgan fingerprint density at radius 1 is 1.29 bits per heavy atom. The van der Waals surface area contributed by atoms with E-state index in [2.05, 4.69) is 26.0 Å². The number of aromatic nitrogens is 3. The Morgan fingerprint density at radius 3 is 2.46 bits per heavy atom. The van der Waals surface area contributed by atoms with Gasteiger partial charge in [0.2, 0.25) is 6.29 Å². The van der Waals surface area contributed by atoms with E-state index in [4.69, 9.17) is 14.2 Å². The quantitative estimate of drug-likeness (QED) is 0.557. The van der Waals surface area contributed by atoms with Gasteiger partial charge in [-0.15, -0.1) is 0 Å². The summed E-state index contributed by atoms with van der Waals surface area (Å²) in [5.41, 5.74) is 0.423. The fraction of sp³-hybridized carbons (Fsp3) is 0.562. The van der Waals surface area contributed by atoms with E-state index < -0.39 is 18.0 Å². The Hall–Kier alpha value is -1.51. The number of nitrogens with zero attached hydrogens (tertiary/aromatic N) is 3. The van der Waals surface area contributed by atoms with Crippen LogP contribution in [0.5, 0.6) is 0 Å². The first-order valence-corrected chi connectivity index (χ1v) is 8.56. The lowest BCUT2D eigenvalue weighted by molar-refractivity contribution is -0.142. The Kier molecular flexibility index (Phi) is 5.95. The van der Waals surface area contributed by atoms with Gasteiger partial charge in [0.1, 0.15) is 15.9 Å². The molecule has 0 fully saturated rings. The van der Waals surface area contributed by atoms with E-state index in [0.717, 1.165) is 5.39 Å². The molecule has 0 amide bonds. The lowest BCUT2D eigenvalue weighted by Gasteiger charge is -2.19. The number of hydrogen-bond donors (Lipinski definition) is 0. The molecule has 0 aliphatic carbocycles. The first-order chi connectivity index (χ1) is 11.3. The van der Waals surface area contributed by atoms with Gasteiger partial charge < -0.3 is 14.2 Å². The summed E-state index contributed by atoms with van der Waals surface area (Å²) in [5.74, 6) is 0. The van der Waals surface area contributed by atoms with Crippen molar-refractivity contribution in [3.05, 3.63) is 22.6 Å². The monoisotopic (exact) mass is 399 g/mol. The van der Waals surface area contributed by atoms with Crippen molar-refractivity contribution < 1.29 is 19.0 Å². The van der Waals surface area contributed by atoms with Gasteiger partial charge in [0.25, 0.3) is 0 Å². The summed E-state index contributed by atoms with van der Waals surface area (Å²) in [6.07, 6.45) is 0.324. The molecule has 8 heteroatoms. The van der Waals surface area contributed by atoms with Crippen molar-refractivity contribution in [2.24, 2.45) is 0 Å². The number of carbonyl (C=O) groups is 1. The van der Waals surface area contributed by atoms with Crippen LogP contribution in [-0.2, 0) is 14.2 Å². The molecule has 132 valence electrons. The van der Waals surface area contributed by atoms with Crippen LogP contribution in [0, 0.1) is 0 Å². The van der Waals surface area contributed by atoms with Crippen LogP contribution < -0.4 is 0 Å². The fourth-order valence-corrected chi connectivity index (χ4v) is 2.47. The lowest BCUT2D eigenvalue weighted by Crippen LogP contribution is -2.28. The molecule has 24 heavy (non-hydrogen) atoms. The van der Waals surface area contributed by atoms with E-state index in [-0.39, 0.29) is 0 Å². The molecule has 0 spiro atoms. The van der Waals surface area contributed by atoms with Crippen molar-refractivity contribution in [2.45, 2.75) is 46.5 Å². The molecule has 0 aromatic carbocycles. The summed E-state index contributed by atoms with van der Waals surface area (Å²) < 4.78 is 18.5. The predicted octanol–water partition coefficient (Wildman–Crippen LogP) is 4.05. The molecule has 2 aromatic heterocycles. The van der Waals surface area contributed by atoms with E-state index in [1.807, 2.05) is 13.8 Å². The van der Waals surface area contributed by atoms with E-state index in [9.17, 15) is 4.79 Å². The number of carbonyl (C=O) groups excluding carboxylic acids is 1. The fourth-order valence-electron chi connectivity index (χ4n) is 2.14. The maximum absolute atomic E-state index is 12.5. The van der Waals surface area contributed by atoms with Crippen molar-refractivity contribution in [3.8, 4) is 0 Å². The Labute approximate surface area is 149 Å². The highest BCUT2D eigenvalue weighted by molar-refractivity contribution is 9.10. The summed E-state index contributed by atoms with van der Waals surface area (Å²) in [5, 5.41) is 5.10. The minimum Gasteiger partial charge on any atom is -0.442 e. The minimum absolute atomic E-state index is 0.456. The zero-order chi connectivity index (χ0) is 17.9. The average molecular weight is 400 g/mol. The van der Waals surface area contributed by atoms with Crippen LogP contribution in [0.4, 0.5) is 4.79 Å². The van der Waals surface area contributed by atoms with Crippen molar-refractivity contribution in [1.29, 1.82) is 0 Å². The van der Waals surface area contributed by atoms with Gasteiger partial charge in [-0.3, -0.25) is 0 Å². The molecule has 0 N–H and O–H groups in total. The number of hydrogen-bond acceptors (Lipinski definition) is 6. The molecule has 0 saturated heterocycles. The van der Waals surface area contributed by atoms with Crippen LogP contribution >= 0.6 is 15.9 Å². The highest BCUT2D eigenvalue weighted by atomic mass is 79.9. The predicted molar refractivity (Wildman–Crippen MR) is 92.9 cm³/mol. The van der Waals surface area contributed by atoms with Gasteiger partial charge in [0, 0.05) is 18.6 Å². The summed E-state index contributed by atoms with van der Waals surface area (Å²) in [4.78, 5) is 16.6. The number of halogens is 1. The van der Waals surface area contributed by atoms with Gasteiger partial charge in [-0.1, -0.05) is 0 Å². The standard InChI is InChI=1S/C16H22BrN3O4/c1-6-22-14(23-7-2)13-10-8-12(17)18-9-11(10)20(19-13)15(21)24-16(3,4)5/h8-9,14H,6-7H2,1-5H3. The topological polar surface area (TPSA) is 75.5 Å². The second kappa shape index (κ2) is 7.58.